The molecule has 0 aromatic heterocycles. The van der Waals surface area contributed by atoms with Crippen molar-refractivity contribution in [2.45, 2.75) is 6.92 Å². The van der Waals surface area contributed by atoms with Crippen molar-refractivity contribution >= 4 is 29.0 Å². The molecule has 6 heteroatoms. The Hall–Kier alpha value is -3.15. The molecule has 2 amide bonds. The van der Waals surface area contributed by atoms with Crippen LogP contribution in [-0.2, 0) is 0 Å². The summed E-state index contributed by atoms with van der Waals surface area (Å²) < 4.78 is 0. The zero-order valence-electron chi connectivity index (χ0n) is 11.9. The van der Waals surface area contributed by atoms with Crippen LogP contribution in [0.1, 0.15) is 38.0 Å². The number of carbonyl (C=O) groups excluding carboxylic acids is 3. The van der Waals surface area contributed by atoms with Gasteiger partial charge in [-0.15, -0.1) is 0 Å². The van der Waals surface area contributed by atoms with Crippen molar-refractivity contribution in [1.29, 1.82) is 0 Å². The van der Waals surface area contributed by atoms with Crippen molar-refractivity contribution in [1.82, 2.24) is 0 Å². The number of nitrogens with one attached hydrogen (secondary N) is 1. The Labute approximate surface area is 127 Å². The number of rotatable bonds is 4. The maximum absolute atomic E-state index is 12.2. The fraction of sp³-hybridized carbons (Fsp3) is 0.0625. The van der Waals surface area contributed by atoms with Crippen molar-refractivity contribution in [2.24, 2.45) is 5.73 Å². The average Bonchev–Trinajstić information content (AvgIpc) is 2.49. The van der Waals surface area contributed by atoms with Crippen LogP contribution in [-0.4, -0.2) is 17.6 Å². The molecule has 2 rings (SSSR count). The number of nitrogens with two attached hydrogens (primary N) is 2. The van der Waals surface area contributed by atoms with Gasteiger partial charge in [0.05, 0.1) is 16.9 Å². The van der Waals surface area contributed by atoms with Crippen molar-refractivity contribution in [3.8, 4) is 0 Å². The number of hydrogen-bond donors (Lipinski definition) is 3. The van der Waals surface area contributed by atoms with Gasteiger partial charge in [0.25, 0.3) is 11.8 Å². The van der Waals surface area contributed by atoms with Crippen LogP contribution in [0.25, 0.3) is 0 Å². The molecule has 0 radical (unpaired) electrons. The first-order chi connectivity index (χ1) is 10.4. The molecule has 0 saturated carbocycles. The largest absolute Gasteiger partial charge is 0.396 e. The van der Waals surface area contributed by atoms with E-state index in [1.165, 1.54) is 13.0 Å². The number of benzene rings is 2. The number of Topliss-reactive ketones (excluding diaryl/α,β-unsaturated/α-hetero) is 1. The molecule has 0 saturated heterocycles. The molecule has 0 aliphatic carbocycles. The van der Waals surface area contributed by atoms with Gasteiger partial charge in [0.1, 0.15) is 0 Å². The highest BCUT2D eigenvalue weighted by atomic mass is 16.2. The van der Waals surface area contributed by atoms with Crippen molar-refractivity contribution < 1.29 is 14.4 Å². The third kappa shape index (κ3) is 3.12. The third-order valence-corrected chi connectivity index (χ3v) is 3.17. The number of primary amides is 1. The van der Waals surface area contributed by atoms with Gasteiger partial charge in [0.2, 0.25) is 0 Å². The minimum Gasteiger partial charge on any atom is -0.396 e. The summed E-state index contributed by atoms with van der Waals surface area (Å²) >= 11 is 0. The van der Waals surface area contributed by atoms with Crippen LogP contribution in [0.5, 0.6) is 0 Å². The van der Waals surface area contributed by atoms with Crippen molar-refractivity contribution in [2.75, 3.05) is 11.1 Å². The summed E-state index contributed by atoms with van der Waals surface area (Å²) in [6, 6.07) is 10.9. The zero-order chi connectivity index (χ0) is 16.3. The number of para-hydroxylation sites is 1. The summed E-state index contributed by atoms with van der Waals surface area (Å²) in [5.41, 5.74) is 12.5. The molecular weight excluding hydrogens is 282 g/mol. The lowest BCUT2D eigenvalue weighted by Crippen LogP contribution is -2.17. The standard InChI is InChI=1S/C16H15N3O3/c1-9(20)10-5-7-11(8-6-10)16(22)19-13-4-2-3-12(14(13)17)15(18)21/h2-8H,17H2,1H3,(H2,18,21)(H,19,22). The van der Waals surface area contributed by atoms with Crippen LogP contribution >= 0.6 is 0 Å². The molecule has 0 fully saturated rings. The first kappa shape index (κ1) is 15.2. The Morgan fingerprint density at radius 3 is 2.09 bits per heavy atom. The number of carbonyl (C=O) groups is 3. The number of nitrogen functional groups attached to an aromatic ring is 1. The molecule has 2 aromatic rings. The Morgan fingerprint density at radius 1 is 0.955 bits per heavy atom. The smallest absolute Gasteiger partial charge is 0.255 e. The molecule has 0 aliphatic rings. The molecule has 6 nitrogen and oxygen atoms in total. The third-order valence-electron chi connectivity index (χ3n) is 3.17. The van der Waals surface area contributed by atoms with E-state index in [1.807, 2.05) is 0 Å². The second-order valence-corrected chi connectivity index (χ2v) is 4.72. The van der Waals surface area contributed by atoms with Crippen LogP contribution in [0, 0.1) is 0 Å². The summed E-state index contributed by atoms with van der Waals surface area (Å²) in [6.07, 6.45) is 0. The van der Waals surface area contributed by atoms with E-state index < -0.39 is 11.8 Å². The van der Waals surface area contributed by atoms with Gasteiger partial charge in [0, 0.05) is 11.1 Å². The van der Waals surface area contributed by atoms with Crippen molar-refractivity contribution in [3.05, 3.63) is 59.2 Å². The van der Waals surface area contributed by atoms with E-state index >= 15 is 0 Å². The van der Waals surface area contributed by atoms with Gasteiger partial charge in [-0.3, -0.25) is 14.4 Å². The van der Waals surface area contributed by atoms with Gasteiger partial charge < -0.3 is 16.8 Å². The quantitative estimate of drug-likeness (QED) is 0.589. The molecule has 0 heterocycles. The van der Waals surface area contributed by atoms with Crippen LogP contribution < -0.4 is 16.8 Å². The van der Waals surface area contributed by atoms with Gasteiger partial charge in [0.15, 0.2) is 5.78 Å². The van der Waals surface area contributed by atoms with E-state index in [2.05, 4.69) is 5.32 Å². The minimum absolute atomic E-state index is 0.0784. The predicted octanol–water partition coefficient (Wildman–Crippen LogP) is 1.82. The summed E-state index contributed by atoms with van der Waals surface area (Å²) in [7, 11) is 0. The molecule has 2 aromatic carbocycles. The minimum atomic E-state index is -0.667. The summed E-state index contributed by atoms with van der Waals surface area (Å²) in [5.74, 6) is -1.15. The number of anilines is 2. The highest BCUT2D eigenvalue weighted by Gasteiger charge is 2.13. The maximum Gasteiger partial charge on any atom is 0.255 e. The molecule has 0 atom stereocenters. The van der Waals surface area contributed by atoms with Crippen LogP contribution in [0.15, 0.2) is 42.5 Å². The van der Waals surface area contributed by atoms with E-state index in [9.17, 15) is 14.4 Å². The lowest BCUT2D eigenvalue weighted by Gasteiger charge is -2.10. The lowest BCUT2D eigenvalue weighted by atomic mass is 10.1. The highest BCUT2D eigenvalue weighted by Crippen LogP contribution is 2.23. The SMILES string of the molecule is CC(=O)c1ccc(C(=O)Nc2cccc(C(N)=O)c2N)cc1. The van der Waals surface area contributed by atoms with Gasteiger partial charge in [-0.2, -0.15) is 0 Å². The van der Waals surface area contributed by atoms with E-state index in [1.54, 1.807) is 36.4 Å². The second kappa shape index (κ2) is 6.09. The molecule has 0 bridgehead atoms. The van der Waals surface area contributed by atoms with Gasteiger partial charge in [-0.05, 0) is 31.2 Å². The fourth-order valence-corrected chi connectivity index (χ4v) is 1.94. The average molecular weight is 297 g/mol. The van der Waals surface area contributed by atoms with Gasteiger partial charge in [-0.25, -0.2) is 0 Å². The number of amides is 2. The van der Waals surface area contributed by atoms with Gasteiger partial charge in [-0.1, -0.05) is 18.2 Å². The molecule has 0 unspecified atom stereocenters. The fourth-order valence-electron chi connectivity index (χ4n) is 1.94. The van der Waals surface area contributed by atoms with Crippen LogP contribution in [0.3, 0.4) is 0 Å². The van der Waals surface area contributed by atoms with Gasteiger partial charge >= 0.3 is 0 Å². The molecule has 22 heavy (non-hydrogen) atoms. The molecule has 0 aliphatic heterocycles. The summed E-state index contributed by atoms with van der Waals surface area (Å²) in [6.45, 7) is 1.45. The Bertz CT molecular complexity index is 752. The first-order valence-corrected chi connectivity index (χ1v) is 6.51. The summed E-state index contributed by atoms with van der Waals surface area (Å²) in [4.78, 5) is 34.6. The summed E-state index contributed by atoms with van der Waals surface area (Å²) in [5, 5.41) is 2.61. The monoisotopic (exact) mass is 297 g/mol. The number of ketones is 1. The second-order valence-electron chi connectivity index (χ2n) is 4.72. The van der Waals surface area contributed by atoms with Crippen molar-refractivity contribution in [3.63, 3.8) is 0 Å². The Morgan fingerprint density at radius 2 is 1.55 bits per heavy atom. The first-order valence-electron chi connectivity index (χ1n) is 6.51. The van der Waals surface area contributed by atoms with E-state index in [-0.39, 0.29) is 17.0 Å². The molecule has 112 valence electrons. The maximum atomic E-state index is 12.2. The normalized spacial score (nSPS) is 10.0. The highest BCUT2D eigenvalue weighted by molar-refractivity contribution is 6.09. The Balaban J connectivity index is 2.24. The molecule has 0 spiro atoms. The topological polar surface area (TPSA) is 115 Å². The van der Waals surface area contributed by atoms with E-state index in [4.69, 9.17) is 11.5 Å². The molecular formula is C16H15N3O3. The predicted molar refractivity (Wildman–Crippen MR) is 83.8 cm³/mol. The molecule has 5 N–H and O–H groups in total. The van der Waals surface area contributed by atoms with Crippen LogP contribution in [0.4, 0.5) is 11.4 Å². The Kier molecular flexibility index (Phi) is 4.22. The number of hydrogen-bond acceptors (Lipinski definition) is 4. The van der Waals surface area contributed by atoms with E-state index in [0.717, 1.165) is 0 Å². The van der Waals surface area contributed by atoms with Crippen LogP contribution in [0.2, 0.25) is 0 Å². The van der Waals surface area contributed by atoms with E-state index in [0.29, 0.717) is 16.8 Å². The lowest BCUT2D eigenvalue weighted by molar-refractivity contribution is 0.0996. The zero-order valence-corrected chi connectivity index (χ0v) is 11.9.